The molecule has 4 nitrogen and oxygen atoms in total. The highest BCUT2D eigenvalue weighted by molar-refractivity contribution is 5.96. The Balaban J connectivity index is 1.83. The highest BCUT2D eigenvalue weighted by atomic mass is 19.4. The summed E-state index contributed by atoms with van der Waals surface area (Å²) in [4.78, 5) is 14.2. The Bertz CT molecular complexity index is 739. The van der Waals surface area contributed by atoms with Crippen LogP contribution in [-0.2, 0) is 13.2 Å². The molecular formula is C17H18F3N3O. The van der Waals surface area contributed by atoms with Crippen LogP contribution in [-0.4, -0.2) is 33.7 Å². The zero-order chi connectivity index (χ0) is 17.3. The monoisotopic (exact) mass is 337 g/mol. The minimum Gasteiger partial charge on any atom is -0.338 e. The normalized spacial score (nSPS) is 18.7. The van der Waals surface area contributed by atoms with Crippen molar-refractivity contribution in [3.05, 3.63) is 53.3 Å². The summed E-state index contributed by atoms with van der Waals surface area (Å²) in [5, 5.41) is 4.36. The van der Waals surface area contributed by atoms with Gasteiger partial charge in [0.1, 0.15) is 0 Å². The molecule has 3 rings (SSSR count). The second-order valence-corrected chi connectivity index (χ2v) is 6.05. The molecule has 0 unspecified atom stereocenters. The predicted octanol–water partition coefficient (Wildman–Crippen LogP) is 3.46. The van der Waals surface area contributed by atoms with Crippen molar-refractivity contribution < 1.29 is 18.0 Å². The Morgan fingerprint density at radius 2 is 2.00 bits per heavy atom. The SMILES string of the molecule is Cn1ccc([C@@H]2CCCN(C(=O)c3ccccc3C(F)(F)F)C2)n1. The average Bonchev–Trinajstić information content (AvgIpc) is 3.00. The van der Waals surface area contributed by atoms with E-state index in [0.717, 1.165) is 24.6 Å². The van der Waals surface area contributed by atoms with Gasteiger partial charge in [-0.3, -0.25) is 9.48 Å². The molecule has 128 valence electrons. The smallest absolute Gasteiger partial charge is 0.338 e. The number of aryl methyl sites for hydroxylation is 1. The third-order valence-electron chi connectivity index (χ3n) is 4.32. The van der Waals surface area contributed by atoms with Gasteiger partial charge in [-0.1, -0.05) is 12.1 Å². The largest absolute Gasteiger partial charge is 0.417 e. The lowest BCUT2D eigenvalue weighted by Gasteiger charge is -2.32. The van der Waals surface area contributed by atoms with E-state index in [1.165, 1.54) is 23.1 Å². The highest BCUT2D eigenvalue weighted by Gasteiger charge is 2.36. The number of likely N-dealkylation sites (tertiary alicyclic amines) is 1. The van der Waals surface area contributed by atoms with Gasteiger partial charge in [-0.15, -0.1) is 0 Å². The van der Waals surface area contributed by atoms with E-state index in [-0.39, 0.29) is 11.5 Å². The molecule has 1 aromatic heterocycles. The van der Waals surface area contributed by atoms with Crippen LogP contribution < -0.4 is 0 Å². The average molecular weight is 337 g/mol. The topological polar surface area (TPSA) is 38.1 Å². The number of carbonyl (C=O) groups is 1. The quantitative estimate of drug-likeness (QED) is 0.842. The molecule has 0 aliphatic carbocycles. The van der Waals surface area contributed by atoms with Crippen molar-refractivity contribution >= 4 is 5.91 Å². The van der Waals surface area contributed by atoms with E-state index < -0.39 is 17.6 Å². The highest BCUT2D eigenvalue weighted by Crippen LogP contribution is 2.33. The van der Waals surface area contributed by atoms with Crippen LogP contribution in [0.5, 0.6) is 0 Å². The number of carbonyl (C=O) groups excluding carboxylic acids is 1. The number of hydrogen-bond donors (Lipinski definition) is 0. The molecule has 0 spiro atoms. The lowest BCUT2D eigenvalue weighted by Crippen LogP contribution is -2.40. The molecule has 1 aromatic carbocycles. The van der Waals surface area contributed by atoms with Gasteiger partial charge in [0.2, 0.25) is 0 Å². The van der Waals surface area contributed by atoms with Crippen molar-refractivity contribution in [1.82, 2.24) is 14.7 Å². The number of rotatable bonds is 2. The van der Waals surface area contributed by atoms with Gasteiger partial charge in [0, 0.05) is 32.3 Å². The summed E-state index contributed by atoms with van der Waals surface area (Å²) in [6.45, 7) is 0.858. The van der Waals surface area contributed by atoms with Crippen molar-refractivity contribution in [3.8, 4) is 0 Å². The Kier molecular flexibility index (Phi) is 4.34. The number of nitrogens with zero attached hydrogens (tertiary/aromatic N) is 3. The number of hydrogen-bond acceptors (Lipinski definition) is 2. The number of aromatic nitrogens is 2. The summed E-state index contributed by atoms with van der Waals surface area (Å²) in [5.41, 5.74) is -0.291. The van der Waals surface area contributed by atoms with Crippen LogP contribution in [0.2, 0.25) is 0 Å². The predicted molar refractivity (Wildman–Crippen MR) is 82.5 cm³/mol. The van der Waals surface area contributed by atoms with Crippen LogP contribution in [0.25, 0.3) is 0 Å². The lowest BCUT2D eigenvalue weighted by atomic mass is 9.94. The van der Waals surface area contributed by atoms with E-state index in [9.17, 15) is 18.0 Å². The van der Waals surface area contributed by atoms with Gasteiger partial charge in [-0.05, 0) is 31.0 Å². The number of alkyl halides is 3. The summed E-state index contributed by atoms with van der Waals surface area (Å²) in [6.07, 6.45) is -1.08. The fraction of sp³-hybridized carbons (Fsp3) is 0.412. The minimum atomic E-state index is -4.54. The van der Waals surface area contributed by atoms with Crippen LogP contribution in [0.15, 0.2) is 36.5 Å². The first-order valence-electron chi connectivity index (χ1n) is 7.81. The molecule has 1 fully saturated rings. The molecule has 1 aliphatic rings. The Hall–Kier alpha value is -2.31. The molecule has 0 radical (unpaired) electrons. The Labute approximate surface area is 137 Å². The number of benzene rings is 1. The molecule has 0 N–H and O–H groups in total. The van der Waals surface area contributed by atoms with Gasteiger partial charge >= 0.3 is 6.18 Å². The zero-order valence-electron chi connectivity index (χ0n) is 13.3. The van der Waals surface area contributed by atoms with Crippen LogP contribution in [0, 0.1) is 0 Å². The van der Waals surface area contributed by atoms with Crippen LogP contribution in [0.4, 0.5) is 13.2 Å². The van der Waals surface area contributed by atoms with E-state index in [0.29, 0.717) is 13.1 Å². The molecule has 24 heavy (non-hydrogen) atoms. The van der Waals surface area contributed by atoms with Crippen molar-refractivity contribution in [2.24, 2.45) is 7.05 Å². The maximum Gasteiger partial charge on any atom is 0.417 e. The number of piperidine rings is 1. The van der Waals surface area contributed by atoms with Gasteiger partial charge in [-0.25, -0.2) is 0 Å². The Morgan fingerprint density at radius 1 is 1.25 bits per heavy atom. The second-order valence-electron chi connectivity index (χ2n) is 6.05. The van der Waals surface area contributed by atoms with E-state index in [4.69, 9.17) is 0 Å². The molecule has 0 saturated carbocycles. The molecule has 1 atom stereocenters. The maximum absolute atomic E-state index is 13.1. The van der Waals surface area contributed by atoms with E-state index in [1.54, 1.807) is 4.68 Å². The van der Waals surface area contributed by atoms with Gasteiger partial charge in [0.15, 0.2) is 0 Å². The zero-order valence-corrected chi connectivity index (χ0v) is 13.3. The van der Waals surface area contributed by atoms with Gasteiger partial charge in [0.25, 0.3) is 5.91 Å². The molecule has 1 aliphatic heterocycles. The molecular weight excluding hydrogens is 319 g/mol. The van der Waals surface area contributed by atoms with Crippen molar-refractivity contribution in [3.63, 3.8) is 0 Å². The number of amides is 1. The molecule has 1 saturated heterocycles. The Morgan fingerprint density at radius 3 is 2.67 bits per heavy atom. The third-order valence-corrected chi connectivity index (χ3v) is 4.32. The summed E-state index contributed by atoms with van der Waals surface area (Å²) < 4.78 is 41.1. The van der Waals surface area contributed by atoms with Gasteiger partial charge in [-0.2, -0.15) is 18.3 Å². The van der Waals surface area contributed by atoms with Crippen LogP contribution >= 0.6 is 0 Å². The fourth-order valence-electron chi connectivity index (χ4n) is 3.14. The summed E-state index contributed by atoms with van der Waals surface area (Å²) >= 11 is 0. The van der Waals surface area contributed by atoms with Crippen LogP contribution in [0.1, 0.15) is 40.4 Å². The summed E-state index contributed by atoms with van der Waals surface area (Å²) in [6, 6.07) is 6.85. The minimum absolute atomic E-state index is 0.0574. The molecule has 0 bridgehead atoms. The van der Waals surface area contributed by atoms with E-state index >= 15 is 0 Å². The van der Waals surface area contributed by atoms with Gasteiger partial charge in [0.05, 0.1) is 16.8 Å². The first-order valence-corrected chi connectivity index (χ1v) is 7.81. The van der Waals surface area contributed by atoms with Crippen molar-refractivity contribution in [2.75, 3.05) is 13.1 Å². The molecule has 7 heteroatoms. The van der Waals surface area contributed by atoms with Crippen molar-refractivity contribution in [2.45, 2.75) is 24.9 Å². The van der Waals surface area contributed by atoms with Crippen molar-refractivity contribution in [1.29, 1.82) is 0 Å². The third kappa shape index (κ3) is 3.29. The van der Waals surface area contributed by atoms with Gasteiger partial charge < -0.3 is 4.90 Å². The maximum atomic E-state index is 13.1. The number of halogens is 3. The molecule has 2 heterocycles. The lowest BCUT2D eigenvalue weighted by molar-refractivity contribution is -0.138. The summed E-state index contributed by atoms with van der Waals surface area (Å²) in [7, 11) is 1.81. The first-order chi connectivity index (χ1) is 11.4. The fourth-order valence-corrected chi connectivity index (χ4v) is 3.14. The van der Waals surface area contributed by atoms with E-state index in [1.807, 2.05) is 19.3 Å². The standard InChI is InChI=1S/C17H18F3N3O/c1-22-10-8-15(21-22)12-5-4-9-23(11-12)16(24)13-6-2-3-7-14(13)17(18,19)20/h2-3,6-8,10,12H,4-5,9,11H2,1H3/t12-/m1/s1. The molecule has 2 aromatic rings. The first kappa shape index (κ1) is 16.5. The van der Waals surface area contributed by atoms with E-state index in [2.05, 4.69) is 5.10 Å². The molecule has 1 amide bonds. The second kappa shape index (κ2) is 6.30. The summed E-state index contributed by atoms with van der Waals surface area (Å²) in [5.74, 6) is -0.509. The van der Waals surface area contributed by atoms with Crippen LogP contribution in [0.3, 0.4) is 0 Å².